The van der Waals surface area contributed by atoms with Crippen LogP contribution in [0.3, 0.4) is 0 Å². The highest BCUT2D eigenvalue weighted by molar-refractivity contribution is 7.92. The summed E-state index contributed by atoms with van der Waals surface area (Å²) in [6.45, 7) is 2.15. The number of carboxylic acids is 1. The lowest BCUT2D eigenvalue weighted by molar-refractivity contribution is 0.0696. The van der Waals surface area contributed by atoms with E-state index in [1.807, 2.05) is 0 Å². The molecule has 1 aliphatic heterocycles. The lowest BCUT2D eigenvalue weighted by atomic mass is 10.1. The molecule has 0 bridgehead atoms. The number of hydrogen-bond acceptors (Lipinski definition) is 5. The second kappa shape index (κ2) is 5.71. The number of aromatic carboxylic acids is 1. The number of benzene rings is 1. The van der Waals surface area contributed by atoms with Crippen molar-refractivity contribution in [3.8, 4) is 0 Å². The molecule has 0 atom stereocenters. The minimum atomic E-state index is -3.87. The van der Waals surface area contributed by atoms with Gasteiger partial charge < -0.3 is 14.3 Å². The van der Waals surface area contributed by atoms with E-state index in [1.165, 1.54) is 28.6 Å². The number of hydrogen-bond donors (Lipinski definition) is 1. The SMILES string of the molecule is Cc1ccc(S(=O)(=O)N2CCOCc3cc(C(=O)O)ccc32)o1. The van der Waals surface area contributed by atoms with Crippen LogP contribution in [0.4, 0.5) is 5.69 Å². The van der Waals surface area contributed by atoms with Gasteiger partial charge in [0.15, 0.2) is 0 Å². The molecule has 0 radical (unpaired) electrons. The second-order valence-electron chi connectivity index (χ2n) is 5.14. The van der Waals surface area contributed by atoms with Crippen molar-refractivity contribution < 1.29 is 27.5 Å². The van der Waals surface area contributed by atoms with E-state index in [9.17, 15) is 13.2 Å². The number of anilines is 1. The highest BCUT2D eigenvalue weighted by atomic mass is 32.2. The molecule has 2 heterocycles. The van der Waals surface area contributed by atoms with Gasteiger partial charge in [-0.2, -0.15) is 8.42 Å². The molecule has 23 heavy (non-hydrogen) atoms. The van der Waals surface area contributed by atoms with Crippen LogP contribution in [0.2, 0.25) is 0 Å². The molecule has 1 aliphatic rings. The molecule has 1 aromatic heterocycles. The zero-order valence-corrected chi connectivity index (χ0v) is 13.2. The Labute approximate surface area is 133 Å². The molecular formula is C15H15NO6S. The maximum atomic E-state index is 12.8. The van der Waals surface area contributed by atoms with Crippen molar-refractivity contribution in [2.45, 2.75) is 18.6 Å². The van der Waals surface area contributed by atoms with Gasteiger partial charge in [-0.15, -0.1) is 0 Å². The average molecular weight is 337 g/mol. The Morgan fingerprint density at radius 2 is 2.04 bits per heavy atom. The Morgan fingerprint density at radius 1 is 1.26 bits per heavy atom. The molecule has 1 aromatic carbocycles. The molecule has 0 unspecified atom stereocenters. The highest BCUT2D eigenvalue weighted by Gasteiger charge is 2.31. The molecule has 0 aliphatic carbocycles. The van der Waals surface area contributed by atoms with Gasteiger partial charge in [-0.25, -0.2) is 4.79 Å². The van der Waals surface area contributed by atoms with Crippen molar-refractivity contribution in [2.24, 2.45) is 0 Å². The van der Waals surface area contributed by atoms with E-state index in [-0.39, 0.29) is 30.4 Å². The third-order valence-corrected chi connectivity index (χ3v) is 5.24. The largest absolute Gasteiger partial charge is 0.478 e. The monoisotopic (exact) mass is 337 g/mol. The number of carbonyl (C=O) groups is 1. The van der Waals surface area contributed by atoms with Gasteiger partial charge in [0.1, 0.15) is 5.76 Å². The third-order valence-electron chi connectivity index (χ3n) is 3.55. The summed E-state index contributed by atoms with van der Waals surface area (Å²) in [4.78, 5) is 11.1. The van der Waals surface area contributed by atoms with Crippen molar-refractivity contribution in [1.29, 1.82) is 0 Å². The van der Waals surface area contributed by atoms with Gasteiger partial charge in [-0.1, -0.05) is 0 Å². The molecular weight excluding hydrogens is 322 g/mol. The van der Waals surface area contributed by atoms with Crippen LogP contribution in [0.15, 0.2) is 39.8 Å². The second-order valence-corrected chi connectivity index (χ2v) is 6.94. The van der Waals surface area contributed by atoms with Crippen molar-refractivity contribution >= 4 is 21.7 Å². The van der Waals surface area contributed by atoms with E-state index in [4.69, 9.17) is 14.3 Å². The number of carboxylic acid groups (broad SMARTS) is 1. The number of ether oxygens (including phenoxy) is 1. The molecule has 1 N–H and O–H groups in total. The van der Waals surface area contributed by atoms with Crippen LogP contribution in [-0.4, -0.2) is 32.6 Å². The molecule has 0 fully saturated rings. The van der Waals surface area contributed by atoms with E-state index in [0.717, 1.165) is 0 Å². The van der Waals surface area contributed by atoms with Crippen LogP contribution in [0.5, 0.6) is 0 Å². The molecule has 2 aromatic rings. The molecule has 0 saturated carbocycles. The predicted molar refractivity (Wildman–Crippen MR) is 81.0 cm³/mol. The van der Waals surface area contributed by atoms with Gasteiger partial charge in [0.2, 0.25) is 5.09 Å². The van der Waals surface area contributed by atoms with Gasteiger partial charge in [-0.05, 0) is 37.3 Å². The van der Waals surface area contributed by atoms with Gasteiger partial charge in [0.05, 0.1) is 31.0 Å². The normalized spacial score (nSPS) is 15.1. The molecule has 7 nitrogen and oxygen atoms in total. The quantitative estimate of drug-likeness (QED) is 0.920. The number of nitrogens with zero attached hydrogens (tertiary/aromatic N) is 1. The van der Waals surface area contributed by atoms with Crippen LogP contribution in [0.25, 0.3) is 0 Å². The summed E-state index contributed by atoms with van der Waals surface area (Å²) in [6, 6.07) is 7.28. The molecule has 0 amide bonds. The standard InChI is InChI=1S/C15H15NO6S/c1-10-2-5-14(22-10)23(19,20)16-6-7-21-9-12-8-11(15(17)18)3-4-13(12)16/h2-5,8H,6-7,9H2,1H3,(H,17,18). The topological polar surface area (TPSA) is 97.0 Å². The fourth-order valence-corrected chi connectivity index (χ4v) is 3.88. The first kappa shape index (κ1) is 15.6. The Hall–Kier alpha value is -2.32. The fourth-order valence-electron chi connectivity index (χ4n) is 2.44. The number of rotatable bonds is 3. The minimum Gasteiger partial charge on any atom is -0.478 e. The van der Waals surface area contributed by atoms with E-state index in [1.54, 1.807) is 13.0 Å². The Bertz CT molecular complexity index is 855. The van der Waals surface area contributed by atoms with Crippen molar-refractivity contribution in [3.05, 3.63) is 47.2 Å². The first-order valence-electron chi connectivity index (χ1n) is 6.93. The summed E-state index contributed by atoms with van der Waals surface area (Å²) >= 11 is 0. The smallest absolute Gasteiger partial charge is 0.335 e. The van der Waals surface area contributed by atoms with E-state index >= 15 is 0 Å². The maximum absolute atomic E-state index is 12.8. The summed E-state index contributed by atoms with van der Waals surface area (Å²) in [6.07, 6.45) is 0. The summed E-state index contributed by atoms with van der Waals surface area (Å²) in [5.41, 5.74) is 0.997. The Balaban J connectivity index is 2.09. The van der Waals surface area contributed by atoms with Crippen molar-refractivity contribution in [1.82, 2.24) is 0 Å². The first-order chi connectivity index (χ1) is 10.9. The van der Waals surface area contributed by atoms with Gasteiger partial charge >= 0.3 is 5.97 Å². The average Bonchev–Trinajstić information content (AvgIpc) is 2.83. The van der Waals surface area contributed by atoms with E-state index < -0.39 is 16.0 Å². The molecule has 0 spiro atoms. The lowest BCUT2D eigenvalue weighted by Gasteiger charge is -2.22. The summed E-state index contributed by atoms with van der Waals surface area (Å²) in [5.74, 6) is -0.579. The van der Waals surface area contributed by atoms with Crippen LogP contribution < -0.4 is 4.31 Å². The number of sulfonamides is 1. The van der Waals surface area contributed by atoms with Crippen LogP contribution in [0, 0.1) is 6.92 Å². The van der Waals surface area contributed by atoms with Crippen LogP contribution in [-0.2, 0) is 21.4 Å². The summed E-state index contributed by atoms with van der Waals surface area (Å²) in [7, 11) is -3.87. The van der Waals surface area contributed by atoms with Crippen molar-refractivity contribution in [3.63, 3.8) is 0 Å². The number of fused-ring (bicyclic) bond motifs is 1. The van der Waals surface area contributed by atoms with Crippen LogP contribution in [0.1, 0.15) is 21.7 Å². The highest BCUT2D eigenvalue weighted by Crippen LogP contribution is 2.31. The number of aryl methyl sites for hydroxylation is 1. The fraction of sp³-hybridized carbons (Fsp3) is 0.267. The zero-order valence-electron chi connectivity index (χ0n) is 12.4. The molecule has 0 saturated heterocycles. The Morgan fingerprint density at radius 3 is 2.70 bits per heavy atom. The zero-order chi connectivity index (χ0) is 16.6. The first-order valence-corrected chi connectivity index (χ1v) is 8.37. The number of furan rings is 1. The van der Waals surface area contributed by atoms with E-state index in [0.29, 0.717) is 17.0 Å². The minimum absolute atomic E-state index is 0.0837. The van der Waals surface area contributed by atoms with Gasteiger partial charge in [0.25, 0.3) is 10.0 Å². The molecule has 8 heteroatoms. The molecule has 3 rings (SSSR count). The van der Waals surface area contributed by atoms with E-state index in [2.05, 4.69) is 0 Å². The summed E-state index contributed by atoms with van der Waals surface area (Å²) in [5, 5.41) is 8.93. The van der Waals surface area contributed by atoms with Crippen molar-refractivity contribution in [2.75, 3.05) is 17.5 Å². The van der Waals surface area contributed by atoms with Gasteiger partial charge in [-0.3, -0.25) is 4.31 Å². The third kappa shape index (κ3) is 2.82. The maximum Gasteiger partial charge on any atom is 0.335 e. The molecule has 122 valence electrons. The Kier molecular flexibility index (Phi) is 3.87. The predicted octanol–water partition coefficient (Wildman–Crippen LogP) is 2.01. The summed E-state index contributed by atoms with van der Waals surface area (Å²) < 4.78 is 37.4. The van der Waals surface area contributed by atoms with Crippen LogP contribution >= 0.6 is 0 Å². The van der Waals surface area contributed by atoms with Gasteiger partial charge in [0, 0.05) is 5.56 Å². The lowest BCUT2D eigenvalue weighted by Crippen LogP contribution is -2.33.